The number of nitrogens with zero attached hydrogens (tertiary/aromatic N) is 4. The Morgan fingerprint density at radius 1 is 1.23 bits per heavy atom. The zero-order valence-corrected chi connectivity index (χ0v) is 15.9. The van der Waals surface area contributed by atoms with E-state index < -0.39 is 5.60 Å². The molecule has 0 radical (unpaired) electrons. The molecule has 0 unspecified atom stereocenters. The van der Waals surface area contributed by atoms with E-state index in [1.54, 1.807) is 4.90 Å². The molecule has 7 nitrogen and oxygen atoms in total. The van der Waals surface area contributed by atoms with Gasteiger partial charge in [0, 0.05) is 31.7 Å². The van der Waals surface area contributed by atoms with Crippen molar-refractivity contribution in [1.29, 1.82) is 0 Å². The first-order valence-corrected chi connectivity index (χ1v) is 8.90. The van der Waals surface area contributed by atoms with Gasteiger partial charge in [-0.25, -0.2) is 4.79 Å². The highest BCUT2D eigenvalue weighted by Gasteiger charge is 2.26. The number of ether oxygens (including phenoxy) is 1. The maximum atomic E-state index is 12.1. The molecular formula is C19H26N4O3. The molecule has 0 N–H and O–H groups in total. The Hall–Kier alpha value is -2.41. The zero-order valence-electron chi connectivity index (χ0n) is 15.9. The van der Waals surface area contributed by atoms with Crippen molar-refractivity contribution < 1.29 is 14.1 Å². The zero-order chi connectivity index (χ0) is 18.7. The molecule has 140 valence electrons. The highest BCUT2D eigenvalue weighted by molar-refractivity contribution is 5.68. The predicted molar refractivity (Wildman–Crippen MR) is 97.6 cm³/mol. The van der Waals surface area contributed by atoms with Gasteiger partial charge >= 0.3 is 6.09 Å². The number of piperazine rings is 1. The number of carbonyl (C=O) groups is 1. The van der Waals surface area contributed by atoms with Crippen LogP contribution in [0.2, 0.25) is 0 Å². The molecule has 1 aliphatic rings. The van der Waals surface area contributed by atoms with Crippen LogP contribution in [-0.4, -0.2) is 57.8 Å². The Labute approximate surface area is 153 Å². The van der Waals surface area contributed by atoms with Crippen molar-refractivity contribution in [2.45, 2.75) is 39.8 Å². The van der Waals surface area contributed by atoms with Gasteiger partial charge in [-0.2, -0.15) is 4.98 Å². The van der Waals surface area contributed by atoms with Crippen LogP contribution in [0.4, 0.5) is 4.79 Å². The summed E-state index contributed by atoms with van der Waals surface area (Å²) >= 11 is 0. The van der Waals surface area contributed by atoms with Gasteiger partial charge < -0.3 is 14.2 Å². The number of carbonyl (C=O) groups excluding carboxylic acids is 1. The first-order valence-electron chi connectivity index (χ1n) is 8.90. The highest BCUT2D eigenvalue weighted by atomic mass is 16.6. The van der Waals surface area contributed by atoms with Crippen LogP contribution in [0.5, 0.6) is 0 Å². The van der Waals surface area contributed by atoms with E-state index in [1.807, 2.05) is 52.0 Å². The van der Waals surface area contributed by atoms with E-state index in [4.69, 9.17) is 9.26 Å². The number of aromatic nitrogens is 2. The Kier molecular flexibility index (Phi) is 5.27. The third kappa shape index (κ3) is 4.82. The van der Waals surface area contributed by atoms with Crippen molar-refractivity contribution in [1.82, 2.24) is 19.9 Å². The number of amides is 1. The lowest BCUT2D eigenvalue weighted by molar-refractivity contribution is 0.0132. The van der Waals surface area contributed by atoms with Gasteiger partial charge in [0.2, 0.25) is 11.7 Å². The molecule has 0 saturated carbocycles. The summed E-state index contributed by atoms with van der Waals surface area (Å²) in [6, 6.07) is 8.03. The third-order valence-corrected chi connectivity index (χ3v) is 4.13. The van der Waals surface area contributed by atoms with Gasteiger partial charge in [-0.05, 0) is 33.8 Å². The average molecular weight is 358 g/mol. The van der Waals surface area contributed by atoms with Crippen LogP contribution in [0, 0.1) is 6.92 Å². The van der Waals surface area contributed by atoms with Crippen molar-refractivity contribution in [3.8, 4) is 11.4 Å². The van der Waals surface area contributed by atoms with Crippen molar-refractivity contribution >= 4 is 6.09 Å². The summed E-state index contributed by atoms with van der Waals surface area (Å²) in [4.78, 5) is 20.6. The Morgan fingerprint density at radius 2 is 1.96 bits per heavy atom. The van der Waals surface area contributed by atoms with E-state index in [1.165, 1.54) is 0 Å². The fraction of sp³-hybridized carbons (Fsp3) is 0.526. The monoisotopic (exact) mass is 358 g/mol. The average Bonchev–Trinajstić information content (AvgIpc) is 3.02. The number of hydrogen-bond donors (Lipinski definition) is 0. The summed E-state index contributed by atoms with van der Waals surface area (Å²) in [5.41, 5.74) is 1.64. The van der Waals surface area contributed by atoms with Crippen LogP contribution in [0.15, 0.2) is 28.8 Å². The molecule has 1 amide bonds. The third-order valence-electron chi connectivity index (χ3n) is 4.13. The van der Waals surface area contributed by atoms with E-state index in [-0.39, 0.29) is 6.09 Å². The van der Waals surface area contributed by atoms with Crippen molar-refractivity contribution in [2.24, 2.45) is 0 Å². The summed E-state index contributed by atoms with van der Waals surface area (Å²) in [6.07, 6.45) is -0.253. The van der Waals surface area contributed by atoms with Gasteiger partial charge in [0.05, 0.1) is 6.54 Å². The Morgan fingerprint density at radius 3 is 2.62 bits per heavy atom. The van der Waals surface area contributed by atoms with Crippen LogP contribution in [0.3, 0.4) is 0 Å². The summed E-state index contributed by atoms with van der Waals surface area (Å²) in [5, 5.41) is 4.08. The lowest BCUT2D eigenvalue weighted by Gasteiger charge is -2.34. The molecule has 0 bridgehead atoms. The van der Waals surface area contributed by atoms with Gasteiger partial charge in [-0.15, -0.1) is 0 Å². The molecule has 1 aromatic carbocycles. The smallest absolute Gasteiger partial charge is 0.410 e. The minimum Gasteiger partial charge on any atom is -0.444 e. The molecule has 3 rings (SSSR count). The van der Waals surface area contributed by atoms with Crippen LogP contribution in [-0.2, 0) is 11.3 Å². The van der Waals surface area contributed by atoms with Crippen LogP contribution >= 0.6 is 0 Å². The van der Waals surface area contributed by atoms with E-state index in [9.17, 15) is 4.79 Å². The lowest BCUT2D eigenvalue weighted by atomic mass is 10.1. The topological polar surface area (TPSA) is 71.7 Å². The predicted octanol–water partition coefficient (Wildman–Crippen LogP) is 3.10. The molecule has 1 saturated heterocycles. The number of aryl methyl sites for hydroxylation is 1. The first-order chi connectivity index (χ1) is 12.3. The first kappa shape index (κ1) is 18.4. The number of benzene rings is 1. The summed E-state index contributed by atoms with van der Waals surface area (Å²) in [5.74, 6) is 1.20. The van der Waals surface area contributed by atoms with Crippen molar-refractivity contribution in [2.75, 3.05) is 26.2 Å². The molecule has 1 fully saturated rings. The van der Waals surface area contributed by atoms with Crippen molar-refractivity contribution in [3.05, 3.63) is 35.7 Å². The molecule has 2 aromatic rings. The molecular weight excluding hydrogens is 332 g/mol. The van der Waals surface area contributed by atoms with Gasteiger partial charge in [0.25, 0.3) is 0 Å². The maximum Gasteiger partial charge on any atom is 0.410 e. The van der Waals surface area contributed by atoms with Gasteiger partial charge in [-0.3, -0.25) is 4.90 Å². The summed E-state index contributed by atoms with van der Waals surface area (Å²) in [6.45, 7) is 11.0. The SMILES string of the molecule is Cc1cccc(-c2noc(CN3CCN(C(=O)OC(C)(C)C)CC3)n2)c1. The second-order valence-electron chi connectivity index (χ2n) is 7.62. The highest BCUT2D eigenvalue weighted by Crippen LogP contribution is 2.18. The van der Waals surface area contributed by atoms with E-state index in [0.29, 0.717) is 31.3 Å². The largest absolute Gasteiger partial charge is 0.444 e. The molecule has 26 heavy (non-hydrogen) atoms. The van der Waals surface area contributed by atoms with Crippen LogP contribution < -0.4 is 0 Å². The Balaban J connectivity index is 1.53. The number of rotatable bonds is 3. The quantitative estimate of drug-likeness (QED) is 0.840. The standard InChI is InChI=1S/C19H26N4O3/c1-14-6-5-7-15(12-14)17-20-16(26-21-17)13-22-8-10-23(11-9-22)18(24)25-19(2,3)4/h5-7,12H,8-11,13H2,1-4H3. The van der Waals surface area contributed by atoms with Crippen molar-refractivity contribution in [3.63, 3.8) is 0 Å². The number of hydrogen-bond acceptors (Lipinski definition) is 6. The lowest BCUT2D eigenvalue weighted by Crippen LogP contribution is -2.49. The molecule has 2 heterocycles. The molecule has 0 spiro atoms. The van der Waals surface area contributed by atoms with Gasteiger partial charge in [-0.1, -0.05) is 28.9 Å². The summed E-state index contributed by atoms with van der Waals surface area (Å²) in [7, 11) is 0. The fourth-order valence-corrected chi connectivity index (χ4v) is 2.83. The van der Waals surface area contributed by atoms with Gasteiger partial charge in [0.1, 0.15) is 5.60 Å². The molecule has 0 aliphatic carbocycles. The molecule has 0 atom stereocenters. The molecule has 1 aliphatic heterocycles. The van der Waals surface area contributed by atoms with E-state index >= 15 is 0 Å². The molecule has 1 aromatic heterocycles. The van der Waals surface area contributed by atoms with Crippen LogP contribution in [0.25, 0.3) is 11.4 Å². The van der Waals surface area contributed by atoms with Crippen LogP contribution in [0.1, 0.15) is 32.2 Å². The maximum absolute atomic E-state index is 12.1. The Bertz CT molecular complexity index is 758. The minimum absolute atomic E-state index is 0.253. The fourth-order valence-electron chi connectivity index (χ4n) is 2.83. The second-order valence-corrected chi connectivity index (χ2v) is 7.62. The summed E-state index contributed by atoms with van der Waals surface area (Å²) < 4.78 is 10.8. The molecule has 7 heteroatoms. The van der Waals surface area contributed by atoms with E-state index in [2.05, 4.69) is 15.0 Å². The van der Waals surface area contributed by atoms with E-state index in [0.717, 1.165) is 24.2 Å². The minimum atomic E-state index is -0.468. The second kappa shape index (κ2) is 7.45. The van der Waals surface area contributed by atoms with Gasteiger partial charge in [0.15, 0.2) is 0 Å². The normalized spacial score (nSPS) is 15.9.